The normalized spacial score (nSPS) is 12.4. The number of hydrogen-bond donors (Lipinski definition) is 2. The maximum Gasteiger partial charge on any atom is 0.333 e. The third-order valence-electron chi connectivity index (χ3n) is 2.96. The van der Waals surface area contributed by atoms with E-state index in [0.717, 1.165) is 16.5 Å². The molecule has 1 atom stereocenters. The SMILES string of the molecule is C=CCCOC(Cc1ccc2[nH]ccc2c1)C(=O)O. The second-order valence-corrected chi connectivity index (χ2v) is 4.38. The maximum atomic E-state index is 11.2. The highest BCUT2D eigenvalue weighted by Crippen LogP contribution is 2.16. The Morgan fingerprint density at radius 2 is 2.32 bits per heavy atom. The molecule has 0 aliphatic rings. The number of aliphatic carboxylic acids is 1. The Morgan fingerprint density at radius 1 is 1.47 bits per heavy atom. The summed E-state index contributed by atoms with van der Waals surface area (Å²) in [5, 5.41) is 10.2. The number of rotatable bonds is 7. The summed E-state index contributed by atoms with van der Waals surface area (Å²) in [6, 6.07) is 7.82. The Bertz CT molecular complexity index is 574. The van der Waals surface area contributed by atoms with E-state index in [-0.39, 0.29) is 0 Å². The maximum absolute atomic E-state index is 11.2. The second-order valence-electron chi connectivity index (χ2n) is 4.38. The van der Waals surface area contributed by atoms with Crippen LogP contribution in [0.2, 0.25) is 0 Å². The van der Waals surface area contributed by atoms with Gasteiger partial charge >= 0.3 is 5.97 Å². The fraction of sp³-hybridized carbons (Fsp3) is 0.267. The van der Waals surface area contributed by atoms with Crippen LogP contribution in [0.15, 0.2) is 43.1 Å². The first kappa shape index (κ1) is 13.4. The van der Waals surface area contributed by atoms with Gasteiger partial charge in [-0.15, -0.1) is 6.58 Å². The summed E-state index contributed by atoms with van der Waals surface area (Å²) in [7, 11) is 0. The highest BCUT2D eigenvalue weighted by atomic mass is 16.5. The van der Waals surface area contributed by atoms with E-state index < -0.39 is 12.1 Å². The molecule has 0 radical (unpaired) electrons. The summed E-state index contributed by atoms with van der Waals surface area (Å²) in [5.41, 5.74) is 2.00. The van der Waals surface area contributed by atoms with E-state index in [1.54, 1.807) is 6.08 Å². The summed E-state index contributed by atoms with van der Waals surface area (Å²) >= 11 is 0. The third-order valence-corrected chi connectivity index (χ3v) is 2.96. The fourth-order valence-corrected chi connectivity index (χ4v) is 1.95. The first-order chi connectivity index (χ1) is 9.20. The lowest BCUT2D eigenvalue weighted by Crippen LogP contribution is -2.26. The number of fused-ring (bicyclic) bond motifs is 1. The molecule has 0 amide bonds. The standard InChI is InChI=1S/C15H17NO3/c1-2-3-8-19-14(15(17)18)10-11-4-5-13-12(9-11)6-7-16-13/h2,4-7,9,14,16H,1,3,8,10H2,(H,17,18). The quantitative estimate of drug-likeness (QED) is 0.593. The van der Waals surface area contributed by atoms with Gasteiger partial charge in [-0.1, -0.05) is 12.1 Å². The Balaban J connectivity index is 2.06. The number of carbonyl (C=O) groups is 1. The molecular formula is C15H17NO3. The van der Waals surface area contributed by atoms with Gasteiger partial charge in [0.15, 0.2) is 6.10 Å². The Morgan fingerprint density at radius 3 is 3.05 bits per heavy atom. The molecular weight excluding hydrogens is 242 g/mol. The molecule has 1 unspecified atom stereocenters. The van der Waals surface area contributed by atoms with Crippen molar-refractivity contribution in [3.63, 3.8) is 0 Å². The summed E-state index contributed by atoms with van der Waals surface area (Å²) in [6.45, 7) is 3.97. The highest BCUT2D eigenvalue weighted by molar-refractivity contribution is 5.80. The van der Waals surface area contributed by atoms with Gasteiger partial charge in [0.2, 0.25) is 0 Å². The first-order valence-corrected chi connectivity index (χ1v) is 6.22. The van der Waals surface area contributed by atoms with E-state index in [1.165, 1.54) is 0 Å². The smallest absolute Gasteiger partial charge is 0.333 e. The summed E-state index contributed by atoms with van der Waals surface area (Å²) in [6.07, 6.45) is 3.79. The minimum atomic E-state index is -0.932. The Kier molecular flexibility index (Phi) is 4.36. The lowest BCUT2D eigenvalue weighted by Gasteiger charge is -2.13. The number of ether oxygens (including phenoxy) is 1. The number of aromatic amines is 1. The van der Waals surface area contributed by atoms with Gasteiger partial charge in [0.25, 0.3) is 0 Å². The molecule has 0 saturated carbocycles. The van der Waals surface area contributed by atoms with Crippen molar-refractivity contribution < 1.29 is 14.6 Å². The fourth-order valence-electron chi connectivity index (χ4n) is 1.95. The summed E-state index contributed by atoms with van der Waals surface area (Å²) in [5.74, 6) is -0.932. The average molecular weight is 259 g/mol. The van der Waals surface area contributed by atoms with Crippen LogP contribution < -0.4 is 0 Å². The van der Waals surface area contributed by atoms with Gasteiger partial charge in [-0.25, -0.2) is 4.79 Å². The molecule has 2 rings (SSSR count). The molecule has 4 nitrogen and oxygen atoms in total. The zero-order valence-electron chi connectivity index (χ0n) is 10.6. The molecule has 0 aliphatic heterocycles. The van der Waals surface area contributed by atoms with Gasteiger partial charge < -0.3 is 14.8 Å². The number of benzene rings is 1. The van der Waals surface area contributed by atoms with E-state index in [9.17, 15) is 4.79 Å². The molecule has 0 aliphatic carbocycles. The number of nitrogens with one attached hydrogen (secondary N) is 1. The highest BCUT2D eigenvalue weighted by Gasteiger charge is 2.18. The molecule has 2 N–H and O–H groups in total. The molecule has 1 heterocycles. The van der Waals surface area contributed by atoms with Crippen LogP contribution in [0.5, 0.6) is 0 Å². The Hall–Kier alpha value is -2.07. The van der Waals surface area contributed by atoms with Crippen LogP contribution in [-0.2, 0) is 16.0 Å². The lowest BCUT2D eigenvalue weighted by molar-refractivity contribution is -0.150. The van der Waals surface area contributed by atoms with Gasteiger partial charge in [0.05, 0.1) is 6.61 Å². The monoisotopic (exact) mass is 259 g/mol. The van der Waals surface area contributed by atoms with E-state index in [0.29, 0.717) is 19.4 Å². The van der Waals surface area contributed by atoms with E-state index in [1.807, 2.05) is 30.5 Å². The summed E-state index contributed by atoms with van der Waals surface area (Å²) in [4.78, 5) is 14.3. The van der Waals surface area contributed by atoms with Gasteiger partial charge in [0, 0.05) is 18.1 Å². The van der Waals surface area contributed by atoms with Gasteiger partial charge in [-0.2, -0.15) is 0 Å². The number of carboxylic acid groups (broad SMARTS) is 1. The molecule has 19 heavy (non-hydrogen) atoms. The minimum Gasteiger partial charge on any atom is -0.479 e. The van der Waals surface area contributed by atoms with Gasteiger partial charge in [-0.3, -0.25) is 0 Å². The van der Waals surface area contributed by atoms with E-state index in [4.69, 9.17) is 9.84 Å². The van der Waals surface area contributed by atoms with Crippen molar-refractivity contribution in [1.82, 2.24) is 4.98 Å². The van der Waals surface area contributed by atoms with Crippen LogP contribution in [0.25, 0.3) is 10.9 Å². The van der Waals surface area contributed by atoms with Crippen LogP contribution in [0.4, 0.5) is 0 Å². The molecule has 1 aromatic heterocycles. The Labute approximate surface area is 111 Å². The van der Waals surface area contributed by atoms with Gasteiger partial charge in [0.1, 0.15) is 0 Å². The van der Waals surface area contributed by atoms with Crippen LogP contribution >= 0.6 is 0 Å². The van der Waals surface area contributed by atoms with Crippen molar-refractivity contribution in [3.05, 3.63) is 48.7 Å². The van der Waals surface area contributed by atoms with E-state index in [2.05, 4.69) is 11.6 Å². The molecule has 100 valence electrons. The van der Waals surface area contributed by atoms with Crippen LogP contribution in [0.3, 0.4) is 0 Å². The second kappa shape index (κ2) is 6.20. The van der Waals surface area contributed by atoms with Crippen LogP contribution in [-0.4, -0.2) is 28.8 Å². The number of carboxylic acids is 1. The van der Waals surface area contributed by atoms with Crippen molar-refractivity contribution in [1.29, 1.82) is 0 Å². The largest absolute Gasteiger partial charge is 0.479 e. The molecule has 0 bridgehead atoms. The number of H-pyrrole nitrogens is 1. The molecule has 2 aromatic rings. The van der Waals surface area contributed by atoms with Crippen molar-refractivity contribution in [3.8, 4) is 0 Å². The average Bonchev–Trinajstić information content (AvgIpc) is 2.85. The summed E-state index contributed by atoms with van der Waals surface area (Å²) < 4.78 is 5.36. The van der Waals surface area contributed by atoms with Crippen molar-refractivity contribution in [2.24, 2.45) is 0 Å². The molecule has 1 aromatic carbocycles. The third kappa shape index (κ3) is 3.45. The molecule has 0 spiro atoms. The number of aromatic nitrogens is 1. The molecule has 0 saturated heterocycles. The predicted molar refractivity (Wildman–Crippen MR) is 74.2 cm³/mol. The van der Waals surface area contributed by atoms with Crippen LogP contribution in [0, 0.1) is 0 Å². The topological polar surface area (TPSA) is 62.3 Å². The molecule has 4 heteroatoms. The lowest BCUT2D eigenvalue weighted by atomic mass is 10.1. The van der Waals surface area contributed by atoms with Crippen molar-refractivity contribution >= 4 is 16.9 Å². The number of hydrogen-bond acceptors (Lipinski definition) is 2. The minimum absolute atomic E-state index is 0.369. The van der Waals surface area contributed by atoms with Crippen LogP contribution in [0.1, 0.15) is 12.0 Å². The van der Waals surface area contributed by atoms with Crippen molar-refractivity contribution in [2.45, 2.75) is 18.9 Å². The zero-order valence-corrected chi connectivity index (χ0v) is 10.6. The first-order valence-electron chi connectivity index (χ1n) is 6.22. The zero-order chi connectivity index (χ0) is 13.7. The predicted octanol–water partition coefficient (Wildman–Crippen LogP) is 2.76. The molecule has 0 fully saturated rings. The van der Waals surface area contributed by atoms with Gasteiger partial charge in [-0.05, 0) is 35.6 Å². The van der Waals surface area contributed by atoms with E-state index >= 15 is 0 Å². The van der Waals surface area contributed by atoms with Crippen molar-refractivity contribution in [2.75, 3.05) is 6.61 Å².